The van der Waals surface area contributed by atoms with Gasteiger partial charge in [0.2, 0.25) is 17.7 Å². The molecule has 0 unspecified atom stereocenters. The fraction of sp³-hybridized carbons (Fsp3) is 0.292. The van der Waals surface area contributed by atoms with Crippen LogP contribution in [0.5, 0.6) is 11.6 Å². The molecule has 0 spiro atoms. The van der Waals surface area contributed by atoms with Gasteiger partial charge in [-0.3, -0.25) is 9.69 Å². The maximum Gasteiger partial charge on any atom is 0.238 e. The fourth-order valence-corrected chi connectivity index (χ4v) is 3.55. The van der Waals surface area contributed by atoms with Crippen LogP contribution in [-0.4, -0.2) is 53.5 Å². The van der Waals surface area contributed by atoms with Crippen LogP contribution in [0.1, 0.15) is 11.1 Å². The van der Waals surface area contributed by atoms with E-state index in [1.807, 2.05) is 32.0 Å². The molecule has 8 heteroatoms. The summed E-state index contributed by atoms with van der Waals surface area (Å²) in [4.78, 5) is 25.5. The Bertz CT molecular complexity index is 1080. The maximum absolute atomic E-state index is 13.1. The number of benzene rings is 2. The van der Waals surface area contributed by atoms with Crippen molar-refractivity contribution in [2.75, 3.05) is 42.9 Å². The molecule has 1 saturated heterocycles. The van der Waals surface area contributed by atoms with E-state index in [0.29, 0.717) is 37.2 Å². The molecular weight excluding hydrogens is 409 g/mol. The predicted molar refractivity (Wildman–Crippen MR) is 122 cm³/mol. The zero-order valence-corrected chi connectivity index (χ0v) is 18.2. The summed E-state index contributed by atoms with van der Waals surface area (Å²) >= 11 is 0. The molecular formula is C24H26FN5O2. The number of nitrogens with zero attached hydrogens (tertiary/aromatic N) is 4. The first-order valence-corrected chi connectivity index (χ1v) is 10.6. The lowest BCUT2D eigenvalue weighted by atomic mass is 10.1. The standard InChI is InChI=1S/C24H26FN5O2/c1-17-4-3-5-21(18(17)2)27-22(31)16-29-12-14-30(15-13-29)24-26-11-10-23(28-24)32-20-8-6-19(25)7-9-20/h3-11H,12-16H2,1-2H3,(H,27,31). The normalized spacial score (nSPS) is 14.3. The lowest BCUT2D eigenvalue weighted by Crippen LogP contribution is -2.49. The zero-order valence-electron chi connectivity index (χ0n) is 18.2. The van der Waals surface area contributed by atoms with Crippen LogP contribution in [0.25, 0.3) is 0 Å². The molecule has 1 aliphatic rings. The van der Waals surface area contributed by atoms with Crippen molar-refractivity contribution in [2.24, 2.45) is 0 Å². The van der Waals surface area contributed by atoms with Gasteiger partial charge in [0.15, 0.2) is 0 Å². The quantitative estimate of drug-likeness (QED) is 0.635. The first-order chi connectivity index (χ1) is 15.5. The van der Waals surface area contributed by atoms with Gasteiger partial charge in [-0.25, -0.2) is 9.37 Å². The molecule has 2 heterocycles. The Labute approximate surface area is 186 Å². The third-order valence-corrected chi connectivity index (χ3v) is 5.55. The molecule has 0 aliphatic carbocycles. The minimum Gasteiger partial charge on any atom is -0.439 e. The summed E-state index contributed by atoms with van der Waals surface area (Å²) in [5.74, 6) is 1.15. The lowest BCUT2D eigenvalue weighted by molar-refractivity contribution is -0.117. The van der Waals surface area contributed by atoms with Gasteiger partial charge in [0.25, 0.3) is 0 Å². The molecule has 4 rings (SSSR count). The van der Waals surface area contributed by atoms with Crippen LogP contribution in [0, 0.1) is 19.7 Å². The second-order valence-corrected chi connectivity index (χ2v) is 7.81. The summed E-state index contributed by atoms with van der Waals surface area (Å²) in [6.07, 6.45) is 1.64. The molecule has 1 aliphatic heterocycles. The van der Waals surface area contributed by atoms with Gasteiger partial charge in [0.1, 0.15) is 11.6 Å². The molecule has 0 saturated carbocycles. The Hall–Kier alpha value is -3.52. The Morgan fingerprint density at radius 3 is 2.56 bits per heavy atom. The highest BCUT2D eigenvalue weighted by molar-refractivity contribution is 5.93. The summed E-state index contributed by atoms with van der Waals surface area (Å²) in [6, 6.07) is 13.4. The van der Waals surface area contributed by atoms with Crippen LogP contribution in [0.15, 0.2) is 54.7 Å². The molecule has 32 heavy (non-hydrogen) atoms. The van der Waals surface area contributed by atoms with Crippen molar-refractivity contribution >= 4 is 17.5 Å². The number of rotatable bonds is 6. The van der Waals surface area contributed by atoms with Gasteiger partial charge in [0.05, 0.1) is 6.54 Å². The van der Waals surface area contributed by atoms with E-state index in [0.717, 1.165) is 29.9 Å². The number of piperazine rings is 1. The van der Waals surface area contributed by atoms with Crippen molar-refractivity contribution in [3.05, 3.63) is 71.7 Å². The summed E-state index contributed by atoms with van der Waals surface area (Å²) in [6.45, 7) is 7.26. The van der Waals surface area contributed by atoms with Crippen molar-refractivity contribution < 1.29 is 13.9 Å². The van der Waals surface area contributed by atoms with E-state index in [1.54, 1.807) is 24.4 Å². The Kier molecular flexibility index (Phi) is 6.61. The fourth-order valence-electron chi connectivity index (χ4n) is 3.55. The first kappa shape index (κ1) is 21.7. The Morgan fingerprint density at radius 1 is 1.06 bits per heavy atom. The van der Waals surface area contributed by atoms with Crippen molar-refractivity contribution in [3.63, 3.8) is 0 Å². The third-order valence-electron chi connectivity index (χ3n) is 5.55. The highest BCUT2D eigenvalue weighted by atomic mass is 19.1. The number of ether oxygens (including phenoxy) is 1. The van der Waals surface area contributed by atoms with Crippen molar-refractivity contribution in [1.29, 1.82) is 0 Å². The van der Waals surface area contributed by atoms with Gasteiger partial charge < -0.3 is 15.0 Å². The summed E-state index contributed by atoms with van der Waals surface area (Å²) in [5, 5.41) is 3.02. The van der Waals surface area contributed by atoms with Crippen LogP contribution < -0.4 is 15.0 Å². The van der Waals surface area contributed by atoms with E-state index >= 15 is 0 Å². The van der Waals surface area contributed by atoms with Gasteiger partial charge in [0, 0.05) is 44.1 Å². The number of anilines is 2. The lowest BCUT2D eigenvalue weighted by Gasteiger charge is -2.34. The molecule has 2 aromatic carbocycles. The largest absolute Gasteiger partial charge is 0.439 e. The van der Waals surface area contributed by atoms with Gasteiger partial charge in [-0.15, -0.1) is 0 Å². The Balaban J connectivity index is 1.30. The first-order valence-electron chi connectivity index (χ1n) is 10.6. The van der Waals surface area contributed by atoms with Crippen LogP contribution in [0.3, 0.4) is 0 Å². The molecule has 1 amide bonds. The second-order valence-electron chi connectivity index (χ2n) is 7.81. The van der Waals surface area contributed by atoms with E-state index in [2.05, 4.69) is 25.1 Å². The van der Waals surface area contributed by atoms with Crippen molar-refractivity contribution in [1.82, 2.24) is 14.9 Å². The number of hydrogen-bond donors (Lipinski definition) is 1. The average molecular weight is 436 g/mol. The third kappa shape index (κ3) is 5.39. The zero-order chi connectivity index (χ0) is 22.5. The Morgan fingerprint density at radius 2 is 1.81 bits per heavy atom. The van der Waals surface area contributed by atoms with E-state index in [1.165, 1.54) is 12.1 Å². The molecule has 3 aromatic rings. The number of aryl methyl sites for hydroxylation is 1. The van der Waals surface area contributed by atoms with Crippen molar-refractivity contribution in [3.8, 4) is 11.6 Å². The van der Waals surface area contributed by atoms with E-state index in [9.17, 15) is 9.18 Å². The number of halogens is 1. The number of aromatic nitrogens is 2. The predicted octanol–water partition coefficient (Wildman–Crippen LogP) is 3.79. The number of nitrogens with one attached hydrogen (secondary N) is 1. The van der Waals surface area contributed by atoms with Crippen LogP contribution in [0.4, 0.5) is 16.0 Å². The summed E-state index contributed by atoms with van der Waals surface area (Å²) in [7, 11) is 0. The van der Waals surface area contributed by atoms with E-state index < -0.39 is 0 Å². The average Bonchev–Trinajstić information content (AvgIpc) is 2.79. The molecule has 166 valence electrons. The van der Waals surface area contributed by atoms with Gasteiger partial charge >= 0.3 is 0 Å². The second kappa shape index (κ2) is 9.74. The molecule has 0 atom stereocenters. The minimum atomic E-state index is -0.318. The molecule has 0 bridgehead atoms. The number of hydrogen-bond acceptors (Lipinski definition) is 6. The smallest absolute Gasteiger partial charge is 0.238 e. The molecule has 0 radical (unpaired) electrons. The highest BCUT2D eigenvalue weighted by Crippen LogP contribution is 2.22. The number of amides is 1. The van der Waals surface area contributed by atoms with Crippen molar-refractivity contribution in [2.45, 2.75) is 13.8 Å². The topological polar surface area (TPSA) is 70.6 Å². The van der Waals surface area contributed by atoms with E-state index in [-0.39, 0.29) is 11.7 Å². The van der Waals surface area contributed by atoms with E-state index in [4.69, 9.17) is 4.74 Å². The van der Waals surface area contributed by atoms with Gasteiger partial charge in [-0.05, 0) is 55.3 Å². The number of carbonyl (C=O) groups excluding carboxylic acids is 1. The van der Waals surface area contributed by atoms with Crippen LogP contribution in [0.2, 0.25) is 0 Å². The SMILES string of the molecule is Cc1cccc(NC(=O)CN2CCN(c3nccc(Oc4ccc(F)cc4)n3)CC2)c1C. The maximum atomic E-state index is 13.1. The van der Waals surface area contributed by atoms with Crippen LogP contribution in [-0.2, 0) is 4.79 Å². The van der Waals surface area contributed by atoms with Gasteiger partial charge in [-0.2, -0.15) is 4.98 Å². The summed E-state index contributed by atoms with van der Waals surface area (Å²) in [5.41, 5.74) is 3.10. The molecule has 1 N–H and O–H groups in total. The monoisotopic (exact) mass is 435 g/mol. The van der Waals surface area contributed by atoms with Crippen LogP contribution >= 0.6 is 0 Å². The summed E-state index contributed by atoms with van der Waals surface area (Å²) < 4.78 is 18.8. The highest BCUT2D eigenvalue weighted by Gasteiger charge is 2.21. The van der Waals surface area contributed by atoms with Gasteiger partial charge in [-0.1, -0.05) is 12.1 Å². The minimum absolute atomic E-state index is 0.0157. The molecule has 1 aromatic heterocycles. The number of carbonyl (C=O) groups is 1. The molecule has 1 fully saturated rings. The molecule has 7 nitrogen and oxygen atoms in total.